The number of likely N-dealkylation sites (tertiary alicyclic amines) is 1. The minimum atomic E-state index is -0.457. The zero-order valence-electron chi connectivity index (χ0n) is 16.3. The van der Waals surface area contributed by atoms with E-state index < -0.39 is 5.82 Å². The highest BCUT2D eigenvalue weighted by Crippen LogP contribution is 2.36. The molecule has 2 aromatic heterocycles. The fraction of sp³-hybridized carbons (Fsp3) is 0.318. The molecule has 1 fully saturated rings. The summed E-state index contributed by atoms with van der Waals surface area (Å²) in [4.78, 5) is 19.1. The van der Waals surface area contributed by atoms with E-state index in [1.165, 1.54) is 13.2 Å². The highest BCUT2D eigenvalue weighted by molar-refractivity contribution is 5.80. The Morgan fingerprint density at radius 1 is 1.28 bits per heavy atom. The Bertz CT molecular complexity index is 989. The molecule has 1 atom stereocenters. The first-order valence-electron chi connectivity index (χ1n) is 9.73. The summed E-state index contributed by atoms with van der Waals surface area (Å²) < 4.78 is 19.0. The van der Waals surface area contributed by atoms with Gasteiger partial charge >= 0.3 is 0 Å². The molecule has 0 saturated carbocycles. The van der Waals surface area contributed by atoms with Gasteiger partial charge in [-0.05, 0) is 54.7 Å². The van der Waals surface area contributed by atoms with Gasteiger partial charge in [0, 0.05) is 24.5 Å². The van der Waals surface area contributed by atoms with Crippen LogP contribution in [0.4, 0.5) is 4.39 Å². The molecular weight excluding hydrogens is 371 g/mol. The van der Waals surface area contributed by atoms with Gasteiger partial charge in [0.05, 0.1) is 31.5 Å². The van der Waals surface area contributed by atoms with Crippen LogP contribution in [-0.2, 0) is 11.2 Å². The van der Waals surface area contributed by atoms with Crippen LogP contribution in [0.15, 0.2) is 48.9 Å². The summed E-state index contributed by atoms with van der Waals surface area (Å²) in [6, 6.07) is 8.45. The Hall–Kier alpha value is -3.22. The third-order valence-corrected chi connectivity index (χ3v) is 5.39. The normalized spacial score (nSPS) is 16.6. The van der Waals surface area contributed by atoms with E-state index in [0.717, 1.165) is 36.1 Å². The SMILES string of the molecule is COc1ccc(CC(=O)N2CCCCC2c2[nH]ncc2-c2ccncc2)cc1F. The van der Waals surface area contributed by atoms with Gasteiger partial charge in [0.15, 0.2) is 11.6 Å². The molecule has 0 spiro atoms. The highest BCUT2D eigenvalue weighted by Gasteiger charge is 2.31. The Morgan fingerprint density at radius 2 is 2.10 bits per heavy atom. The Labute approximate surface area is 168 Å². The molecular formula is C22H23FN4O2. The fourth-order valence-electron chi connectivity index (χ4n) is 3.94. The number of ether oxygens (including phenoxy) is 1. The molecule has 1 unspecified atom stereocenters. The predicted octanol–water partition coefficient (Wildman–Crippen LogP) is 3.92. The number of carbonyl (C=O) groups excluding carboxylic acids is 1. The van der Waals surface area contributed by atoms with E-state index in [2.05, 4.69) is 15.2 Å². The molecule has 1 aliphatic rings. The summed E-state index contributed by atoms with van der Waals surface area (Å²) in [5.41, 5.74) is 3.56. The maximum atomic E-state index is 14.0. The van der Waals surface area contributed by atoms with E-state index in [9.17, 15) is 9.18 Å². The second kappa shape index (κ2) is 8.43. The lowest BCUT2D eigenvalue weighted by atomic mass is 9.94. The quantitative estimate of drug-likeness (QED) is 0.712. The van der Waals surface area contributed by atoms with E-state index in [0.29, 0.717) is 12.1 Å². The number of nitrogens with zero attached hydrogens (tertiary/aromatic N) is 3. The van der Waals surface area contributed by atoms with E-state index >= 15 is 0 Å². The molecule has 0 radical (unpaired) electrons. The van der Waals surface area contributed by atoms with Gasteiger partial charge in [-0.25, -0.2) is 4.39 Å². The smallest absolute Gasteiger partial charge is 0.227 e. The second-order valence-electron chi connectivity index (χ2n) is 7.18. The monoisotopic (exact) mass is 394 g/mol. The van der Waals surface area contributed by atoms with Crippen molar-refractivity contribution in [1.82, 2.24) is 20.1 Å². The molecule has 0 aliphatic carbocycles. The highest BCUT2D eigenvalue weighted by atomic mass is 19.1. The summed E-state index contributed by atoms with van der Waals surface area (Å²) in [6.45, 7) is 0.678. The molecule has 3 heterocycles. The number of benzene rings is 1. The number of halogens is 1. The van der Waals surface area contributed by atoms with E-state index in [1.807, 2.05) is 17.0 Å². The second-order valence-corrected chi connectivity index (χ2v) is 7.18. The van der Waals surface area contributed by atoms with Gasteiger partial charge in [-0.1, -0.05) is 6.07 Å². The molecule has 7 heteroatoms. The zero-order valence-corrected chi connectivity index (χ0v) is 16.3. The van der Waals surface area contributed by atoms with Crippen LogP contribution in [-0.4, -0.2) is 39.6 Å². The maximum absolute atomic E-state index is 14.0. The molecule has 1 aromatic carbocycles. The molecule has 6 nitrogen and oxygen atoms in total. The van der Waals surface area contributed by atoms with Crippen molar-refractivity contribution in [2.75, 3.05) is 13.7 Å². The average molecular weight is 394 g/mol. The number of hydrogen-bond donors (Lipinski definition) is 1. The summed E-state index contributed by atoms with van der Waals surface area (Å²) in [6.07, 6.45) is 8.29. The van der Waals surface area contributed by atoms with Gasteiger partial charge in [0.1, 0.15) is 0 Å². The standard InChI is InChI=1S/C22H23FN4O2/c1-29-20-6-5-15(12-18(20)23)13-21(28)27-11-3-2-4-19(27)22-17(14-25-26-22)16-7-9-24-10-8-16/h5-10,12,14,19H,2-4,11,13H2,1H3,(H,25,26). The summed E-state index contributed by atoms with van der Waals surface area (Å²) in [5, 5.41) is 7.34. The lowest BCUT2D eigenvalue weighted by Gasteiger charge is -2.36. The van der Waals surface area contributed by atoms with Crippen molar-refractivity contribution in [3.05, 3.63) is 66.0 Å². The number of pyridine rings is 1. The minimum absolute atomic E-state index is 0.0189. The van der Waals surface area contributed by atoms with Gasteiger partial charge in [-0.3, -0.25) is 14.9 Å². The van der Waals surface area contributed by atoms with Crippen LogP contribution in [0.3, 0.4) is 0 Å². The third kappa shape index (κ3) is 3.99. The average Bonchev–Trinajstić information content (AvgIpc) is 3.24. The maximum Gasteiger partial charge on any atom is 0.227 e. The minimum Gasteiger partial charge on any atom is -0.494 e. The molecule has 29 heavy (non-hydrogen) atoms. The topological polar surface area (TPSA) is 71.1 Å². The number of hydrogen-bond acceptors (Lipinski definition) is 4. The van der Waals surface area contributed by atoms with Crippen LogP contribution in [0.1, 0.15) is 36.6 Å². The Balaban J connectivity index is 1.58. The summed E-state index contributed by atoms with van der Waals surface area (Å²) in [5.74, 6) is -0.299. The molecule has 0 bridgehead atoms. The molecule has 3 aromatic rings. The van der Waals surface area contributed by atoms with Crippen molar-refractivity contribution in [3.8, 4) is 16.9 Å². The van der Waals surface area contributed by atoms with Gasteiger partial charge in [-0.15, -0.1) is 0 Å². The first kappa shape index (κ1) is 19.1. The van der Waals surface area contributed by atoms with Crippen LogP contribution in [0.2, 0.25) is 0 Å². The number of methoxy groups -OCH3 is 1. The van der Waals surface area contributed by atoms with Gasteiger partial charge < -0.3 is 9.64 Å². The van der Waals surface area contributed by atoms with E-state index in [1.54, 1.807) is 30.7 Å². The summed E-state index contributed by atoms with van der Waals surface area (Å²) >= 11 is 0. The molecule has 150 valence electrons. The molecule has 1 saturated heterocycles. The first-order chi connectivity index (χ1) is 14.2. The lowest BCUT2D eigenvalue weighted by molar-refractivity contribution is -0.134. The molecule has 1 N–H and O–H groups in total. The largest absolute Gasteiger partial charge is 0.494 e. The summed E-state index contributed by atoms with van der Waals surface area (Å²) in [7, 11) is 1.42. The van der Waals surface area contributed by atoms with Crippen LogP contribution in [0.5, 0.6) is 5.75 Å². The van der Waals surface area contributed by atoms with Crippen LogP contribution in [0, 0.1) is 5.82 Å². The Morgan fingerprint density at radius 3 is 2.86 bits per heavy atom. The van der Waals surface area contributed by atoms with E-state index in [4.69, 9.17) is 4.74 Å². The molecule has 1 aliphatic heterocycles. The van der Waals surface area contributed by atoms with Crippen molar-refractivity contribution in [3.63, 3.8) is 0 Å². The number of aromatic amines is 1. The van der Waals surface area contributed by atoms with Crippen molar-refractivity contribution < 1.29 is 13.9 Å². The van der Waals surface area contributed by atoms with Gasteiger partial charge in [-0.2, -0.15) is 5.10 Å². The molecule has 1 amide bonds. The van der Waals surface area contributed by atoms with Crippen molar-refractivity contribution in [1.29, 1.82) is 0 Å². The van der Waals surface area contributed by atoms with Crippen molar-refractivity contribution in [2.45, 2.75) is 31.7 Å². The number of H-pyrrole nitrogens is 1. The number of carbonyl (C=O) groups is 1. The van der Waals surface area contributed by atoms with Crippen molar-refractivity contribution >= 4 is 5.91 Å². The molecule has 4 rings (SSSR count). The number of nitrogens with one attached hydrogen (secondary N) is 1. The Kier molecular flexibility index (Phi) is 5.55. The third-order valence-electron chi connectivity index (χ3n) is 5.39. The van der Waals surface area contributed by atoms with Crippen molar-refractivity contribution in [2.24, 2.45) is 0 Å². The van der Waals surface area contributed by atoms with Crippen LogP contribution < -0.4 is 4.74 Å². The lowest BCUT2D eigenvalue weighted by Crippen LogP contribution is -2.39. The number of aromatic nitrogens is 3. The zero-order chi connectivity index (χ0) is 20.2. The van der Waals surface area contributed by atoms with E-state index in [-0.39, 0.29) is 24.1 Å². The first-order valence-corrected chi connectivity index (χ1v) is 9.73. The number of piperidine rings is 1. The number of amides is 1. The fourth-order valence-corrected chi connectivity index (χ4v) is 3.94. The van der Waals surface area contributed by atoms with Crippen LogP contribution >= 0.6 is 0 Å². The van der Waals surface area contributed by atoms with Gasteiger partial charge in [0.25, 0.3) is 0 Å². The van der Waals surface area contributed by atoms with Crippen LogP contribution in [0.25, 0.3) is 11.1 Å². The number of rotatable bonds is 5. The van der Waals surface area contributed by atoms with Gasteiger partial charge in [0.2, 0.25) is 5.91 Å². The predicted molar refractivity (Wildman–Crippen MR) is 107 cm³/mol.